The fraction of sp³-hybridized carbons (Fsp3) is 0.250. The lowest BCUT2D eigenvalue weighted by molar-refractivity contribution is -0.122. The normalized spacial score (nSPS) is 17.8. The molecule has 2 aliphatic rings. The van der Waals surface area contributed by atoms with Crippen molar-refractivity contribution >= 4 is 34.0 Å². The average molecular weight is 386 g/mol. The van der Waals surface area contributed by atoms with Gasteiger partial charge in [-0.05, 0) is 59.7 Å². The van der Waals surface area contributed by atoms with Gasteiger partial charge in [0.05, 0.1) is 13.0 Å². The molecule has 2 amide bonds. The van der Waals surface area contributed by atoms with Gasteiger partial charge in [-0.3, -0.25) is 9.59 Å². The van der Waals surface area contributed by atoms with Crippen molar-refractivity contribution in [1.29, 1.82) is 0 Å². The molecule has 0 aromatic heterocycles. The predicted octanol–water partition coefficient (Wildman–Crippen LogP) is 3.94. The van der Waals surface area contributed by atoms with E-state index in [0.29, 0.717) is 6.54 Å². The maximum Gasteiger partial charge on any atom is 0.229 e. The number of amides is 2. The molecule has 1 aliphatic heterocycles. The van der Waals surface area contributed by atoms with Gasteiger partial charge >= 0.3 is 0 Å². The highest BCUT2D eigenvalue weighted by Gasteiger charge is 2.35. The maximum absolute atomic E-state index is 13.0. The van der Waals surface area contributed by atoms with Gasteiger partial charge in [-0.15, -0.1) is 0 Å². The molecule has 0 radical (unpaired) electrons. The standard InChI is InChI=1S/C24H22N2O3/c1-29-19-10-8-18(9-11-19)26-14-17(13-22(26)27)24(28)25-21-12-7-16-6-5-15-3-2-4-20(21)23(15)16/h2-4,7-12,17H,5-6,13-14H2,1H3,(H,25,28). The van der Waals surface area contributed by atoms with Crippen molar-refractivity contribution in [3.05, 3.63) is 65.7 Å². The monoisotopic (exact) mass is 386 g/mol. The van der Waals surface area contributed by atoms with Crippen LogP contribution in [0.15, 0.2) is 54.6 Å². The zero-order chi connectivity index (χ0) is 20.0. The third-order valence-corrected chi connectivity index (χ3v) is 6.01. The highest BCUT2D eigenvalue weighted by molar-refractivity contribution is 6.08. The molecule has 1 saturated heterocycles. The quantitative estimate of drug-likeness (QED) is 0.739. The topological polar surface area (TPSA) is 58.6 Å². The molecule has 0 spiro atoms. The molecule has 3 aromatic carbocycles. The number of nitrogens with zero attached hydrogens (tertiary/aromatic N) is 1. The minimum atomic E-state index is -0.368. The highest BCUT2D eigenvalue weighted by Crippen LogP contribution is 2.35. The van der Waals surface area contributed by atoms with Crippen molar-refractivity contribution in [2.45, 2.75) is 19.3 Å². The first kappa shape index (κ1) is 17.7. The first-order valence-electron chi connectivity index (χ1n) is 9.93. The summed E-state index contributed by atoms with van der Waals surface area (Å²) in [5, 5.41) is 5.44. The van der Waals surface area contributed by atoms with Crippen molar-refractivity contribution in [2.24, 2.45) is 5.92 Å². The first-order valence-corrected chi connectivity index (χ1v) is 9.93. The Bertz CT molecular complexity index is 1110. The van der Waals surface area contributed by atoms with Crippen molar-refractivity contribution in [3.8, 4) is 5.75 Å². The Kier molecular flexibility index (Phi) is 4.23. The molecule has 1 unspecified atom stereocenters. The van der Waals surface area contributed by atoms with E-state index in [0.717, 1.165) is 35.4 Å². The molecule has 3 aromatic rings. The SMILES string of the molecule is COc1ccc(N2CC(C(=O)Nc3ccc4c5c(cccc35)CC4)CC2=O)cc1. The van der Waals surface area contributed by atoms with Crippen LogP contribution in [0.2, 0.25) is 0 Å². The summed E-state index contributed by atoms with van der Waals surface area (Å²) in [6, 6.07) is 17.7. The van der Waals surface area contributed by atoms with Gasteiger partial charge in [0.15, 0.2) is 0 Å². The Morgan fingerprint density at radius 3 is 2.55 bits per heavy atom. The molecule has 146 valence electrons. The molecule has 0 saturated carbocycles. The van der Waals surface area contributed by atoms with E-state index in [2.05, 4.69) is 23.5 Å². The van der Waals surface area contributed by atoms with Crippen molar-refractivity contribution < 1.29 is 14.3 Å². The molecular formula is C24H22N2O3. The summed E-state index contributed by atoms with van der Waals surface area (Å²) >= 11 is 0. The number of carbonyl (C=O) groups is 2. The van der Waals surface area contributed by atoms with Gasteiger partial charge in [-0.1, -0.05) is 24.3 Å². The number of methoxy groups -OCH3 is 1. The van der Waals surface area contributed by atoms with Crippen LogP contribution in [-0.2, 0) is 22.4 Å². The molecule has 1 fully saturated rings. The maximum atomic E-state index is 13.0. The molecule has 5 heteroatoms. The largest absolute Gasteiger partial charge is 0.497 e. The Balaban J connectivity index is 1.36. The fourth-order valence-electron chi connectivity index (χ4n) is 4.49. The Hall–Kier alpha value is -3.34. The Labute approximate surface area is 169 Å². The minimum absolute atomic E-state index is 0.0317. The van der Waals surface area contributed by atoms with E-state index >= 15 is 0 Å². The van der Waals surface area contributed by atoms with Gasteiger partial charge in [-0.2, -0.15) is 0 Å². The number of benzene rings is 3. The van der Waals surface area contributed by atoms with Gasteiger partial charge in [-0.25, -0.2) is 0 Å². The van der Waals surface area contributed by atoms with Crippen LogP contribution >= 0.6 is 0 Å². The van der Waals surface area contributed by atoms with Gasteiger partial charge in [0.25, 0.3) is 0 Å². The van der Waals surface area contributed by atoms with Crippen molar-refractivity contribution in [1.82, 2.24) is 0 Å². The Morgan fingerprint density at radius 1 is 1.03 bits per heavy atom. The van der Waals surface area contributed by atoms with E-state index < -0.39 is 0 Å². The minimum Gasteiger partial charge on any atom is -0.497 e. The summed E-state index contributed by atoms with van der Waals surface area (Å²) in [6.07, 6.45) is 2.33. The number of hydrogen-bond donors (Lipinski definition) is 1. The van der Waals surface area contributed by atoms with E-state index in [4.69, 9.17) is 4.74 Å². The second-order valence-electron chi connectivity index (χ2n) is 7.70. The molecule has 29 heavy (non-hydrogen) atoms. The van der Waals surface area contributed by atoms with Gasteiger partial charge < -0.3 is 15.0 Å². The van der Waals surface area contributed by atoms with E-state index in [1.54, 1.807) is 12.0 Å². The van der Waals surface area contributed by atoms with Crippen LogP contribution in [0.25, 0.3) is 10.8 Å². The highest BCUT2D eigenvalue weighted by atomic mass is 16.5. The van der Waals surface area contributed by atoms with Crippen LogP contribution in [0.4, 0.5) is 11.4 Å². The van der Waals surface area contributed by atoms with E-state index in [-0.39, 0.29) is 24.2 Å². The second kappa shape index (κ2) is 6.92. The lowest BCUT2D eigenvalue weighted by Crippen LogP contribution is -2.28. The van der Waals surface area contributed by atoms with Crippen LogP contribution in [0.3, 0.4) is 0 Å². The summed E-state index contributed by atoms with van der Waals surface area (Å²) in [6.45, 7) is 0.387. The number of hydrogen-bond acceptors (Lipinski definition) is 3. The van der Waals surface area contributed by atoms with Crippen molar-refractivity contribution in [3.63, 3.8) is 0 Å². The van der Waals surface area contributed by atoms with Gasteiger partial charge in [0.1, 0.15) is 5.75 Å². The number of aryl methyl sites for hydroxylation is 2. The summed E-state index contributed by atoms with van der Waals surface area (Å²) in [5.41, 5.74) is 4.30. The van der Waals surface area contributed by atoms with E-state index in [1.807, 2.05) is 36.4 Å². The number of nitrogens with one attached hydrogen (secondary N) is 1. The second-order valence-corrected chi connectivity index (χ2v) is 7.70. The molecule has 1 aliphatic carbocycles. The Morgan fingerprint density at radius 2 is 1.79 bits per heavy atom. The number of ether oxygens (including phenoxy) is 1. The zero-order valence-corrected chi connectivity index (χ0v) is 16.3. The molecule has 1 heterocycles. The summed E-state index contributed by atoms with van der Waals surface area (Å²) < 4.78 is 5.17. The number of carbonyl (C=O) groups excluding carboxylic acids is 2. The summed E-state index contributed by atoms with van der Waals surface area (Å²) in [5.74, 6) is 0.234. The molecule has 1 N–H and O–H groups in total. The van der Waals surface area contributed by atoms with E-state index in [1.165, 1.54) is 16.5 Å². The van der Waals surface area contributed by atoms with Gasteiger partial charge in [0, 0.05) is 29.7 Å². The molecule has 0 bridgehead atoms. The molecule has 5 rings (SSSR count). The lowest BCUT2D eigenvalue weighted by atomic mass is 10.0. The van der Waals surface area contributed by atoms with E-state index in [9.17, 15) is 9.59 Å². The smallest absolute Gasteiger partial charge is 0.229 e. The summed E-state index contributed by atoms with van der Waals surface area (Å²) in [7, 11) is 1.61. The predicted molar refractivity (Wildman–Crippen MR) is 113 cm³/mol. The van der Waals surface area contributed by atoms with Gasteiger partial charge in [0.2, 0.25) is 11.8 Å². The van der Waals surface area contributed by atoms with Crippen LogP contribution in [0.1, 0.15) is 17.5 Å². The lowest BCUT2D eigenvalue weighted by Gasteiger charge is -2.17. The van der Waals surface area contributed by atoms with Crippen molar-refractivity contribution in [2.75, 3.05) is 23.9 Å². The average Bonchev–Trinajstić information content (AvgIpc) is 3.35. The fourth-order valence-corrected chi connectivity index (χ4v) is 4.49. The summed E-state index contributed by atoms with van der Waals surface area (Å²) in [4.78, 5) is 27.2. The third-order valence-electron chi connectivity index (χ3n) is 6.01. The first-order chi connectivity index (χ1) is 14.1. The number of rotatable bonds is 4. The molecule has 1 atom stereocenters. The van der Waals surface area contributed by atoms with Crippen LogP contribution in [-0.4, -0.2) is 25.5 Å². The molecule has 5 nitrogen and oxygen atoms in total. The third kappa shape index (κ3) is 3.03. The van der Waals surface area contributed by atoms with Crippen LogP contribution < -0.4 is 15.0 Å². The zero-order valence-electron chi connectivity index (χ0n) is 16.3. The van der Waals surface area contributed by atoms with Crippen LogP contribution in [0.5, 0.6) is 5.75 Å². The van der Waals surface area contributed by atoms with Crippen LogP contribution in [0, 0.1) is 5.92 Å². The molecular weight excluding hydrogens is 364 g/mol. The number of anilines is 2.